The lowest BCUT2D eigenvalue weighted by Crippen LogP contribution is -2.32. The zero-order valence-electron chi connectivity index (χ0n) is 21.0. The minimum absolute atomic E-state index is 0.235. The maximum absolute atomic E-state index is 12.7. The van der Waals surface area contributed by atoms with E-state index in [1.165, 1.54) is 12.8 Å². The normalized spacial score (nSPS) is 14.0. The number of Topliss-reactive ketones (excluding diaryl/α,β-unsaturated/α-hetero) is 1. The van der Waals surface area contributed by atoms with E-state index in [2.05, 4.69) is 16.5 Å². The van der Waals surface area contributed by atoms with E-state index in [0.717, 1.165) is 45.1 Å². The van der Waals surface area contributed by atoms with Crippen LogP contribution in [-0.2, 0) is 11.8 Å². The van der Waals surface area contributed by atoms with Crippen molar-refractivity contribution in [2.45, 2.75) is 45.6 Å². The van der Waals surface area contributed by atoms with Gasteiger partial charge in [-0.05, 0) is 63.3 Å². The second-order valence-corrected chi connectivity index (χ2v) is 10.1. The van der Waals surface area contributed by atoms with Gasteiger partial charge >= 0.3 is 0 Å². The predicted octanol–water partition coefficient (Wildman–Crippen LogP) is 4.92. The van der Waals surface area contributed by atoms with E-state index in [1.807, 2.05) is 62.8 Å². The number of nitrogens with zero attached hydrogens (tertiary/aromatic N) is 5. The summed E-state index contributed by atoms with van der Waals surface area (Å²) in [7, 11) is 3.61. The van der Waals surface area contributed by atoms with Crippen molar-refractivity contribution in [1.82, 2.24) is 24.4 Å². The van der Waals surface area contributed by atoms with Gasteiger partial charge in [-0.15, -0.1) is 0 Å². The van der Waals surface area contributed by atoms with Crippen molar-refractivity contribution in [2.75, 3.05) is 19.0 Å². The Hall–Kier alpha value is -3.52. The van der Waals surface area contributed by atoms with Crippen molar-refractivity contribution in [3.05, 3.63) is 53.9 Å². The largest absolute Gasteiger partial charge is 0.379 e. The number of imidazole rings is 1. The number of benzene rings is 1. The average molecular weight is 473 g/mol. The molecule has 182 valence electrons. The number of carbonyl (C=O) groups is 1. The van der Waals surface area contributed by atoms with Gasteiger partial charge in [-0.25, -0.2) is 9.50 Å². The van der Waals surface area contributed by atoms with Crippen molar-refractivity contribution in [3.63, 3.8) is 0 Å². The molecule has 4 aromatic rings. The summed E-state index contributed by atoms with van der Waals surface area (Å²) in [6.07, 6.45) is 6.60. The molecule has 0 radical (unpaired) electrons. The number of hydrogen-bond acceptors (Lipinski definition) is 6. The molecule has 1 fully saturated rings. The monoisotopic (exact) mass is 472 g/mol. The molecule has 1 aliphatic rings. The molecule has 0 saturated heterocycles. The molecule has 0 amide bonds. The van der Waals surface area contributed by atoms with E-state index in [4.69, 9.17) is 14.8 Å². The van der Waals surface area contributed by atoms with Crippen LogP contribution in [0.15, 0.2) is 42.7 Å². The summed E-state index contributed by atoms with van der Waals surface area (Å²) >= 11 is 0. The van der Waals surface area contributed by atoms with Crippen LogP contribution in [-0.4, -0.2) is 49.4 Å². The van der Waals surface area contributed by atoms with Gasteiger partial charge in [0.05, 0.1) is 28.9 Å². The van der Waals surface area contributed by atoms with Crippen molar-refractivity contribution in [2.24, 2.45) is 13.0 Å². The van der Waals surface area contributed by atoms with Crippen LogP contribution in [0.3, 0.4) is 0 Å². The number of rotatable bonds is 9. The Morgan fingerprint density at radius 3 is 2.66 bits per heavy atom. The fourth-order valence-corrected chi connectivity index (χ4v) is 4.26. The van der Waals surface area contributed by atoms with Gasteiger partial charge in [0.2, 0.25) is 0 Å². The molecule has 0 spiro atoms. The molecule has 3 heterocycles. The van der Waals surface area contributed by atoms with Gasteiger partial charge in [-0.3, -0.25) is 9.48 Å². The Kier molecular flexibility index (Phi) is 5.92. The second-order valence-electron chi connectivity index (χ2n) is 10.1. The summed E-state index contributed by atoms with van der Waals surface area (Å²) in [5.41, 5.74) is 6.54. The van der Waals surface area contributed by atoms with Gasteiger partial charge in [-0.2, -0.15) is 10.2 Å². The highest BCUT2D eigenvalue weighted by molar-refractivity contribution is 5.98. The van der Waals surface area contributed by atoms with Gasteiger partial charge in [0, 0.05) is 44.4 Å². The number of nitrogens with one attached hydrogen (secondary N) is 1. The first kappa shape index (κ1) is 23.2. The molecule has 0 bridgehead atoms. The summed E-state index contributed by atoms with van der Waals surface area (Å²) in [4.78, 5) is 17.4. The Morgan fingerprint density at radius 2 is 2.00 bits per heavy atom. The van der Waals surface area contributed by atoms with E-state index in [1.54, 1.807) is 18.0 Å². The van der Waals surface area contributed by atoms with Crippen LogP contribution < -0.4 is 5.32 Å². The van der Waals surface area contributed by atoms with E-state index in [0.29, 0.717) is 18.9 Å². The summed E-state index contributed by atoms with van der Waals surface area (Å²) in [6, 6.07) is 9.94. The molecule has 1 N–H and O–H groups in total. The molecular weight excluding hydrogens is 440 g/mol. The molecular formula is C27H32N6O2. The highest BCUT2D eigenvalue weighted by atomic mass is 16.5. The van der Waals surface area contributed by atoms with Crippen LogP contribution in [0.4, 0.5) is 5.69 Å². The third kappa shape index (κ3) is 4.71. The maximum Gasteiger partial charge on any atom is 0.177 e. The zero-order chi connectivity index (χ0) is 24.7. The Morgan fingerprint density at radius 1 is 1.20 bits per heavy atom. The Balaban J connectivity index is 1.57. The van der Waals surface area contributed by atoms with Crippen LogP contribution in [0, 0.1) is 12.8 Å². The third-order valence-corrected chi connectivity index (χ3v) is 6.80. The fourth-order valence-electron chi connectivity index (χ4n) is 4.26. The molecule has 0 atom stereocenters. The summed E-state index contributed by atoms with van der Waals surface area (Å²) in [6.45, 7) is 6.67. The molecule has 8 heteroatoms. The predicted molar refractivity (Wildman–Crippen MR) is 137 cm³/mol. The number of aryl methyl sites for hydroxylation is 2. The summed E-state index contributed by atoms with van der Waals surface area (Å²) < 4.78 is 9.26. The van der Waals surface area contributed by atoms with Gasteiger partial charge in [-0.1, -0.05) is 12.1 Å². The van der Waals surface area contributed by atoms with Crippen molar-refractivity contribution >= 4 is 17.1 Å². The lowest BCUT2D eigenvalue weighted by Gasteiger charge is -2.24. The number of aromatic nitrogens is 5. The SMILES string of the molecule is COC(C)(C)CNc1cc(-c2ccnn2C)nn2c(-c3ccc(C(=O)CC4CC4)c(C)c3)cnc12. The van der Waals surface area contributed by atoms with Crippen molar-refractivity contribution in [3.8, 4) is 22.6 Å². The number of fused-ring (bicyclic) bond motifs is 1. The number of ketones is 1. The van der Waals surface area contributed by atoms with Crippen LogP contribution in [0.25, 0.3) is 28.3 Å². The molecule has 5 rings (SSSR count). The van der Waals surface area contributed by atoms with Gasteiger partial charge < -0.3 is 10.1 Å². The molecule has 1 aliphatic carbocycles. The number of anilines is 1. The van der Waals surface area contributed by atoms with E-state index in [9.17, 15) is 4.79 Å². The molecule has 35 heavy (non-hydrogen) atoms. The molecule has 0 unspecified atom stereocenters. The van der Waals surface area contributed by atoms with E-state index < -0.39 is 0 Å². The number of methoxy groups -OCH3 is 1. The smallest absolute Gasteiger partial charge is 0.177 e. The van der Waals surface area contributed by atoms with Crippen LogP contribution in [0.1, 0.15) is 49.0 Å². The quantitative estimate of drug-likeness (QED) is 0.348. The highest BCUT2D eigenvalue weighted by Gasteiger charge is 2.26. The summed E-state index contributed by atoms with van der Waals surface area (Å²) in [5, 5.41) is 12.7. The minimum Gasteiger partial charge on any atom is -0.379 e. The maximum atomic E-state index is 12.7. The lowest BCUT2D eigenvalue weighted by molar-refractivity contribution is 0.0344. The Bertz CT molecular complexity index is 1400. The van der Waals surface area contributed by atoms with Gasteiger partial charge in [0.25, 0.3) is 0 Å². The van der Waals surface area contributed by atoms with Crippen molar-refractivity contribution in [1.29, 1.82) is 0 Å². The standard InChI is InChI=1S/C27H32N6O2/c1-17-12-19(8-9-20(17)25(34)13-18-6-7-18)24-15-28-26-22(29-16-27(2,3)35-5)14-21(31-33(24)26)23-10-11-30-32(23)4/h8-12,14-15,18,29H,6-7,13,16H2,1-5H3. The minimum atomic E-state index is -0.345. The average Bonchev–Trinajstić information content (AvgIpc) is 3.37. The third-order valence-electron chi connectivity index (χ3n) is 6.80. The fraction of sp³-hybridized carbons (Fsp3) is 0.407. The molecule has 0 aliphatic heterocycles. The number of hydrogen-bond donors (Lipinski definition) is 1. The topological polar surface area (TPSA) is 86.3 Å². The van der Waals surface area contributed by atoms with Crippen LogP contribution >= 0.6 is 0 Å². The summed E-state index contributed by atoms with van der Waals surface area (Å²) in [5.74, 6) is 0.808. The van der Waals surface area contributed by atoms with Crippen LogP contribution in [0.5, 0.6) is 0 Å². The molecule has 1 saturated carbocycles. The number of ether oxygens (including phenoxy) is 1. The first-order chi connectivity index (χ1) is 16.8. The molecule has 8 nitrogen and oxygen atoms in total. The van der Waals surface area contributed by atoms with Gasteiger partial charge in [0.1, 0.15) is 5.69 Å². The zero-order valence-corrected chi connectivity index (χ0v) is 21.0. The van der Waals surface area contributed by atoms with Crippen molar-refractivity contribution < 1.29 is 9.53 Å². The number of carbonyl (C=O) groups excluding carboxylic acids is 1. The van der Waals surface area contributed by atoms with E-state index >= 15 is 0 Å². The second kappa shape index (κ2) is 8.92. The Labute approximate surface area is 205 Å². The lowest BCUT2D eigenvalue weighted by atomic mass is 9.98. The molecule has 3 aromatic heterocycles. The first-order valence-electron chi connectivity index (χ1n) is 12.1. The van der Waals surface area contributed by atoms with Crippen LogP contribution in [0.2, 0.25) is 0 Å². The van der Waals surface area contributed by atoms with E-state index in [-0.39, 0.29) is 11.4 Å². The molecule has 1 aromatic carbocycles. The highest BCUT2D eigenvalue weighted by Crippen LogP contribution is 2.34. The van der Waals surface area contributed by atoms with Gasteiger partial charge in [0.15, 0.2) is 11.4 Å². The first-order valence-corrected chi connectivity index (χ1v) is 12.1.